The molecule has 6 heteroatoms. The molecule has 0 aromatic carbocycles. The lowest BCUT2D eigenvalue weighted by molar-refractivity contribution is 0.0123. The largest absolute Gasteiger partial charge is 0.444 e. The van der Waals surface area contributed by atoms with Gasteiger partial charge in [-0.1, -0.05) is 0 Å². The molecule has 6 nitrogen and oxygen atoms in total. The molecule has 3 fully saturated rings. The van der Waals surface area contributed by atoms with E-state index in [1.165, 1.54) is 29.6 Å². The lowest BCUT2D eigenvalue weighted by atomic mass is 10.1. The summed E-state index contributed by atoms with van der Waals surface area (Å²) in [6.45, 7) is 7.52. The van der Waals surface area contributed by atoms with Crippen molar-refractivity contribution in [2.24, 2.45) is 0 Å². The highest BCUT2D eigenvalue weighted by molar-refractivity contribution is 5.75. The van der Waals surface area contributed by atoms with Gasteiger partial charge in [0.2, 0.25) is 0 Å². The second kappa shape index (κ2) is 5.88. The summed E-state index contributed by atoms with van der Waals surface area (Å²) >= 11 is 0. The van der Waals surface area contributed by atoms with E-state index in [0.717, 1.165) is 31.8 Å². The van der Waals surface area contributed by atoms with E-state index in [1.807, 2.05) is 36.4 Å². The third-order valence-electron chi connectivity index (χ3n) is 5.98. The summed E-state index contributed by atoms with van der Waals surface area (Å²) < 4.78 is 7.68. The first kappa shape index (κ1) is 16.9. The van der Waals surface area contributed by atoms with Crippen LogP contribution in [0.2, 0.25) is 0 Å². The zero-order valence-corrected chi connectivity index (χ0v) is 16.4. The van der Waals surface area contributed by atoms with Crippen molar-refractivity contribution >= 4 is 17.3 Å². The maximum atomic E-state index is 12.7. The van der Waals surface area contributed by atoms with Crippen molar-refractivity contribution in [3.8, 4) is 0 Å². The minimum Gasteiger partial charge on any atom is -0.444 e. The molecule has 3 aliphatic rings. The lowest BCUT2D eigenvalue weighted by Crippen LogP contribution is -2.56. The molecule has 2 aromatic rings. The third-order valence-corrected chi connectivity index (χ3v) is 5.98. The fourth-order valence-electron chi connectivity index (χ4n) is 4.64. The first-order valence-corrected chi connectivity index (χ1v) is 10.1. The summed E-state index contributed by atoms with van der Waals surface area (Å²) in [7, 11) is 0. The van der Waals surface area contributed by atoms with Crippen molar-refractivity contribution in [2.45, 2.75) is 70.1 Å². The van der Waals surface area contributed by atoms with Gasteiger partial charge in [-0.2, -0.15) is 5.10 Å². The minimum absolute atomic E-state index is 0.159. The average molecular weight is 368 g/mol. The summed E-state index contributed by atoms with van der Waals surface area (Å²) in [6, 6.07) is 4.88. The van der Waals surface area contributed by atoms with E-state index in [4.69, 9.17) is 4.74 Å². The molecule has 27 heavy (non-hydrogen) atoms. The fraction of sp³-hybridized carbons (Fsp3) is 0.619. The molecule has 1 aliphatic carbocycles. The first-order valence-electron chi connectivity index (χ1n) is 10.1. The molecule has 1 saturated carbocycles. The Morgan fingerprint density at radius 2 is 1.85 bits per heavy atom. The summed E-state index contributed by atoms with van der Waals surface area (Å²) in [5, 5.41) is 4.51. The summed E-state index contributed by atoms with van der Waals surface area (Å²) in [4.78, 5) is 17.1. The van der Waals surface area contributed by atoms with E-state index >= 15 is 0 Å². The standard InChI is InChI=1S/C21H28N4O2/c1-21(2,3)27-20(26)25-16-6-7-17(25)13-23(12-16)18-8-9-22-24-11-15(10-19(18)24)14-4-5-14/h8-11,14,16-17H,4-7,12-13H2,1-3H3. The smallest absolute Gasteiger partial charge is 0.410 e. The minimum atomic E-state index is -0.448. The van der Waals surface area contributed by atoms with Crippen LogP contribution in [0.15, 0.2) is 24.5 Å². The van der Waals surface area contributed by atoms with Crippen molar-refractivity contribution in [1.29, 1.82) is 0 Å². The van der Waals surface area contributed by atoms with Gasteiger partial charge >= 0.3 is 6.09 Å². The van der Waals surface area contributed by atoms with Crippen LogP contribution in [-0.2, 0) is 4.74 Å². The molecular weight excluding hydrogens is 340 g/mol. The number of amides is 1. The highest BCUT2D eigenvalue weighted by Crippen LogP contribution is 2.42. The average Bonchev–Trinajstić information content (AvgIpc) is 3.29. The zero-order chi connectivity index (χ0) is 18.8. The number of ether oxygens (including phenoxy) is 1. The normalized spacial score (nSPS) is 25.3. The van der Waals surface area contributed by atoms with E-state index in [2.05, 4.69) is 28.3 Å². The fourth-order valence-corrected chi connectivity index (χ4v) is 4.64. The number of piperazine rings is 1. The quantitative estimate of drug-likeness (QED) is 0.809. The van der Waals surface area contributed by atoms with Crippen LogP contribution in [0.3, 0.4) is 0 Å². The van der Waals surface area contributed by atoms with Gasteiger partial charge in [-0.15, -0.1) is 0 Å². The van der Waals surface area contributed by atoms with Crippen molar-refractivity contribution in [2.75, 3.05) is 18.0 Å². The van der Waals surface area contributed by atoms with Crippen molar-refractivity contribution in [1.82, 2.24) is 14.5 Å². The van der Waals surface area contributed by atoms with E-state index in [0.29, 0.717) is 0 Å². The van der Waals surface area contributed by atoms with Gasteiger partial charge in [0.15, 0.2) is 0 Å². The van der Waals surface area contributed by atoms with E-state index in [-0.39, 0.29) is 18.2 Å². The third kappa shape index (κ3) is 3.05. The Balaban J connectivity index is 1.40. The molecule has 2 aliphatic heterocycles. The van der Waals surface area contributed by atoms with Gasteiger partial charge in [-0.05, 0) is 70.1 Å². The molecule has 1 amide bonds. The number of rotatable bonds is 2. The number of hydrogen-bond acceptors (Lipinski definition) is 4. The molecule has 0 radical (unpaired) electrons. The van der Waals surface area contributed by atoms with Gasteiger partial charge in [-0.25, -0.2) is 9.31 Å². The Hall–Kier alpha value is -2.24. The number of fused-ring (bicyclic) bond motifs is 3. The van der Waals surface area contributed by atoms with Crippen LogP contribution >= 0.6 is 0 Å². The Morgan fingerprint density at radius 1 is 1.15 bits per heavy atom. The number of anilines is 1. The van der Waals surface area contributed by atoms with E-state index in [1.54, 1.807) is 0 Å². The lowest BCUT2D eigenvalue weighted by Gasteiger charge is -2.42. The van der Waals surface area contributed by atoms with Crippen LogP contribution in [0, 0.1) is 0 Å². The zero-order valence-electron chi connectivity index (χ0n) is 16.4. The van der Waals surface area contributed by atoms with Gasteiger partial charge < -0.3 is 9.64 Å². The van der Waals surface area contributed by atoms with Crippen molar-refractivity contribution in [3.05, 3.63) is 30.1 Å². The molecule has 2 atom stereocenters. The Bertz CT molecular complexity index is 866. The van der Waals surface area contributed by atoms with Crippen LogP contribution in [0.25, 0.3) is 5.52 Å². The van der Waals surface area contributed by atoms with Crippen LogP contribution in [-0.4, -0.2) is 51.4 Å². The summed E-state index contributed by atoms with van der Waals surface area (Å²) in [5.41, 5.74) is 3.38. The van der Waals surface area contributed by atoms with E-state index < -0.39 is 5.60 Å². The van der Waals surface area contributed by atoms with Crippen LogP contribution in [0.1, 0.15) is 57.9 Å². The van der Waals surface area contributed by atoms with Gasteiger partial charge in [0.05, 0.1) is 23.3 Å². The van der Waals surface area contributed by atoms with Gasteiger partial charge in [-0.3, -0.25) is 4.90 Å². The predicted octanol–water partition coefficient (Wildman–Crippen LogP) is 3.80. The van der Waals surface area contributed by atoms with Crippen molar-refractivity contribution < 1.29 is 9.53 Å². The Kier molecular flexibility index (Phi) is 3.68. The van der Waals surface area contributed by atoms with Crippen LogP contribution in [0.4, 0.5) is 10.5 Å². The maximum Gasteiger partial charge on any atom is 0.410 e. The Labute approximate surface area is 160 Å². The number of carbonyl (C=O) groups excluding carboxylic acids is 1. The second-order valence-electron chi connectivity index (χ2n) is 9.27. The SMILES string of the molecule is CC(C)(C)OC(=O)N1C2CCC1CN(c1ccnn3cc(C4CC4)cc13)C2. The monoisotopic (exact) mass is 368 g/mol. The molecule has 0 spiro atoms. The number of hydrogen-bond donors (Lipinski definition) is 0. The van der Waals surface area contributed by atoms with Crippen LogP contribution < -0.4 is 4.90 Å². The van der Waals surface area contributed by atoms with Gasteiger partial charge in [0.25, 0.3) is 0 Å². The molecule has 2 unspecified atom stereocenters. The highest BCUT2D eigenvalue weighted by Gasteiger charge is 2.44. The second-order valence-corrected chi connectivity index (χ2v) is 9.27. The number of carbonyl (C=O) groups is 1. The molecule has 144 valence electrons. The number of nitrogens with zero attached hydrogens (tertiary/aromatic N) is 4. The number of aromatic nitrogens is 2. The van der Waals surface area contributed by atoms with Gasteiger partial charge in [0.1, 0.15) is 5.60 Å². The molecule has 2 aromatic heterocycles. The topological polar surface area (TPSA) is 50.1 Å². The van der Waals surface area contributed by atoms with Gasteiger partial charge in [0, 0.05) is 25.5 Å². The molecule has 4 heterocycles. The first-order chi connectivity index (χ1) is 12.9. The molecule has 0 N–H and O–H groups in total. The molecule has 5 rings (SSSR count). The maximum absolute atomic E-state index is 12.7. The van der Waals surface area contributed by atoms with Crippen molar-refractivity contribution in [3.63, 3.8) is 0 Å². The van der Waals surface area contributed by atoms with Crippen LogP contribution in [0.5, 0.6) is 0 Å². The Morgan fingerprint density at radius 3 is 2.48 bits per heavy atom. The van der Waals surface area contributed by atoms with E-state index in [9.17, 15) is 4.79 Å². The summed E-state index contributed by atoms with van der Waals surface area (Å²) in [6.07, 6.45) is 8.61. The highest BCUT2D eigenvalue weighted by atomic mass is 16.6. The summed E-state index contributed by atoms with van der Waals surface area (Å²) in [5.74, 6) is 0.722. The molecule has 2 bridgehead atoms. The predicted molar refractivity (Wildman–Crippen MR) is 104 cm³/mol. The molecule has 2 saturated heterocycles. The molecular formula is C21H28N4O2.